The van der Waals surface area contributed by atoms with Crippen LogP contribution in [0.5, 0.6) is 0 Å². The molecule has 0 aliphatic rings. The molecule has 0 bridgehead atoms. The van der Waals surface area contributed by atoms with Crippen LogP contribution in [0.3, 0.4) is 0 Å². The Kier molecular flexibility index (Phi) is 3.97. The minimum Gasteiger partial charge on any atom is -0.416 e. The first-order valence-corrected chi connectivity index (χ1v) is 8.06. The molecule has 4 aromatic rings. The minimum absolute atomic E-state index is 0.498. The molecule has 4 rings (SSSR count). The Labute approximate surface area is 146 Å². The quantitative estimate of drug-likeness (QED) is 0.482. The molecule has 0 aliphatic carbocycles. The second-order valence-corrected chi connectivity index (χ2v) is 5.65. The van der Waals surface area contributed by atoms with Crippen molar-refractivity contribution in [3.8, 4) is 34.0 Å². The molecule has 0 saturated carbocycles. The van der Waals surface area contributed by atoms with Gasteiger partial charge in [0.25, 0.3) is 0 Å². The topological polar surface area (TPSA) is 38.9 Å². The van der Waals surface area contributed by atoms with Crippen LogP contribution in [0.2, 0.25) is 0 Å². The van der Waals surface area contributed by atoms with Gasteiger partial charge in [0.15, 0.2) is 0 Å². The Bertz CT molecular complexity index is 1000. The maximum absolute atomic E-state index is 5.87. The van der Waals surface area contributed by atoms with Gasteiger partial charge >= 0.3 is 0 Å². The van der Waals surface area contributed by atoms with Gasteiger partial charge in [-0.1, -0.05) is 73.3 Å². The summed E-state index contributed by atoms with van der Waals surface area (Å²) in [5.41, 5.74) is 5.09. The van der Waals surface area contributed by atoms with Crippen molar-refractivity contribution in [3.05, 3.63) is 91.0 Å². The van der Waals surface area contributed by atoms with Gasteiger partial charge in [-0.05, 0) is 34.9 Å². The second-order valence-electron chi connectivity index (χ2n) is 5.65. The van der Waals surface area contributed by atoms with Crippen molar-refractivity contribution in [1.82, 2.24) is 10.2 Å². The fourth-order valence-corrected chi connectivity index (χ4v) is 2.75. The third kappa shape index (κ3) is 3.00. The molecule has 1 aromatic heterocycles. The van der Waals surface area contributed by atoms with Crippen molar-refractivity contribution in [2.75, 3.05) is 0 Å². The van der Waals surface area contributed by atoms with Gasteiger partial charge in [0.1, 0.15) is 0 Å². The largest absolute Gasteiger partial charge is 0.416 e. The molecule has 0 radical (unpaired) electrons. The summed E-state index contributed by atoms with van der Waals surface area (Å²) >= 11 is 0. The van der Waals surface area contributed by atoms with Gasteiger partial charge in [-0.25, -0.2) is 0 Å². The first kappa shape index (κ1) is 15.1. The Morgan fingerprint density at radius 3 is 2.00 bits per heavy atom. The average Bonchev–Trinajstić information content (AvgIpc) is 3.19. The van der Waals surface area contributed by atoms with Gasteiger partial charge in [-0.15, -0.1) is 10.2 Å². The molecule has 0 spiro atoms. The standard InChI is InChI=1S/C22H16N2O/c1-2-16-8-6-7-11-20(16)22-24-23-21(25-22)19-14-12-18(13-15-19)17-9-4-3-5-10-17/h2-15H,1H2. The van der Waals surface area contributed by atoms with Crippen LogP contribution in [0.15, 0.2) is 89.9 Å². The zero-order valence-corrected chi connectivity index (χ0v) is 13.6. The lowest BCUT2D eigenvalue weighted by Gasteiger charge is -2.02. The number of hydrogen-bond donors (Lipinski definition) is 0. The van der Waals surface area contributed by atoms with Crippen molar-refractivity contribution < 1.29 is 4.42 Å². The maximum Gasteiger partial charge on any atom is 0.248 e. The predicted octanol–water partition coefficient (Wildman–Crippen LogP) is 5.71. The van der Waals surface area contributed by atoms with Crippen molar-refractivity contribution in [3.63, 3.8) is 0 Å². The van der Waals surface area contributed by atoms with Crippen LogP contribution in [-0.4, -0.2) is 10.2 Å². The zero-order valence-electron chi connectivity index (χ0n) is 13.6. The minimum atomic E-state index is 0.498. The molecule has 25 heavy (non-hydrogen) atoms. The van der Waals surface area contributed by atoms with E-state index in [1.807, 2.05) is 54.6 Å². The fourth-order valence-electron chi connectivity index (χ4n) is 2.75. The van der Waals surface area contributed by atoms with E-state index in [4.69, 9.17) is 4.42 Å². The summed E-state index contributed by atoms with van der Waals surface area (Å²) in [6.45, 7) is 3.83. The summed E-state index contributed by atoms with van der Waals surface area (Å²) in [6.07, 6.45) is 1.79. The highest BCUT2D eigenvalue weighted by Crippen LogP contribution is 2.28. The van der Waals surface area contributed by atoms with Crippen LogP contribution in [0, 0.1) is 0 Å². The van der Waals surface area contributed by atoms with Crippen LogP contribution < -0.4 is 0 Å². The van der Waals surface area contributed by atoms with Crippen molar-refractivity contribution in [2.45, 2.75) is 0 Å². The van der Waals surface area contributed by atoms with Crippen LogP contribution in [0.4, 0.5) is 0 Å². The molecule has 0 atom stereocenters. The van der Waals surface area contributed by atoms with E-state index >= 15 is 0 Å². The fraction of sp³-hybridized carbons (Fsp3) is 0. The van der Waals surface area contributed by atoms with Crippen LogP contribution >= 0.6 is 0 Å². The SMILES string of the molecule is C=Cc1ccccc1-c1nnc(-c2ccc(-c3ccccc3)cc2)o1. The average molecular weight is 324 g/mol. The highest BCUT2D eigenvalue weighted by atomic mass is 16.4. The van der Waals surface area contributed by atoms with Gasteiger partial charge in [0.2, 0.25) is 11.8 Å². The van der Waals surface area contributed by atoms with E-state index in [1.54, 1.807) is 6.08 Å². The lowest BCUT2D eigenvalue weighted by molar-refractivity contribution is 0.584. The smallest absolute Gasteiger partial charge is 0.248 e. The van der Waals surface area contributed by atoms with Crippen molar-refractivity contribution in [1.29, 1.82) is 0 Å². The Hall–Kier alpha value is -3.46. The van der Waals surface area contributed by atoms with Crippen molar-refractivity contribution >= 4 is 6.08 Å². The van der Waals surface area contributed by atoms with Gasteiger partial charge in [0, 0.05) is 11.1 Å². The van der Waals surface area contributed by atoms with E-state index < -0.39 is 0 Å². The number of aromatic nitrogens is 2. The lowest BCUT2D eigenvalue weighted by Crippen LogP contribution is -1.82. The molecule has 3 heteroatoms. The monoisotopic (exact) mass is 324 g/mol. The van der Waals surface area contributed by atoms with Crippen molar-refractivity contribution in [2.24, 2.45) is 0 Å². The number of rotatable bonds is 4. The molecule has 0 N–H and O–H groups in total. The van der Waals surface area contributed by atoms with E-state index in [0.29, 0.717) is 11.8 Å². The number of hydrogen-bond acceptors (Lipinski definition) is 3. The number of nitrogens with zero attached hydrogens (tertiary/aromatic N) is 2. The first-order chi connectivity index (χ1) is 12.3. The van der Waals surface area contributed by atoms with E-state index in [0.717, 1.165) is 22.3 Å². The summed E-state index contributed by atoms with van der Waals surface area (Å²) in [4.78, 5) is 0. The third-order valence-corrected chi connectivity index (χ3v) is 4.08. The van der Waals surface area contributed by atoms with Gasteiger partial charge in [0.05, 0.1) is 0 Å². The molecule has 3 nitrogen and oxygen atoms in total. The normalized spacial score (nSPS) is 10.6. The summed E-state index contributed by atoms with van der Waals surface area (Å²) in [7, 11) is 0. The van der Waals surface area contributed by atoms with Gasteiger partial charge in [-0.2, -0.15) is 0 Å². The first-order valence-electron chi connectivity index (χ1n) is 8.06. The Morgan fingerprint density at radius 2 is 1.24 bits per heavy atom. The summed E-state index contributed by atoms with van der Waals surface area (Å²) < 4.78 is 5.87. The van der Waals surface area contributed by atoms with E-state index in [9.17, 15) is 0 Å². The molecule has 0 saturated heterocycles. The predicted molar refractivity (Wildman–Crippen MR) is 101 cm³/mol. The second kappa shape index (κ2) is 6.57. The summed E-state index contributed by atoms with van der Waals surface area (Å²) in [5, 5.41) is 8.38. The van der Waals surface area contributed by atoms with E-state index in [1.165, 1.54) is 5.56 Å². The highest BCUT2D eigenvalue weighted by Gasteiger charge is 2.12. The summed E-state index contributed by atoms with van der Waals surface area (Å²) in [6, 6.07) is 26.2. The van der Waals surface area contributed by atoms with E-state index in [-0.39, 0.29) is 0 Å². The zero-order chi connectivity index (χ0) is 17.1. The Morgan fingerprint density at radius 1 is 0.640 bits per heavy atom. The molecule has 3 aromatic carbocycles. The van der Waals surface area contributed by atoms with Crippen LogP contribution in [-0.2, 0) is 0 Å². The Balaban J connectivity index is 1.65. The van der Waals surface area contributed by atoms with E-state index in [2.05, 4.69) is 41.0 Å². The molecular weight excluding hydrogens is 308 g/mol. The highest BCUT2D eigenvalue weighted by molar-refractivity contribution is 5.70. The molecular formula is C22H16N2O. The lowest BCUT2D eigenvalue weighted by atomic mass is 10.0. The van der Waals surface area contributed by atoms with Gasteiger partial charge in [-0.3, -0.25) is 0 Å². The molecule has 0 aliphatic heterocycles. The third-order valence-electron chi connectivity index (χ3n) is 4.08. The molecule has 0 fully saturated rings. The van der Waals surface area contributed by atoms with Crippen LogP contribution in [0.25, 0.3) is 40.1 Å². The maximum atomic E-state index is 5.87. The molecule has 120 valence electrons. The van der Waals surface area contributed by atoms with Crippen LogP contribution in [0.1, 0.15) is 5.56 Å². The molecule has 0 amide bonds. The summed E-state index contributed by atoms with van der Waals surface area (Å²) in [5.74, 6) is 1.01. The number of benzene rings is 3. The molecule has 1 heterocycles. The van der Waals surface area contributed by atoms with Gasteiger partial charge < -0.3 is 4.42 Å². The molecule has 0 unspecified atom stereocenters.